The summed E-state index contributed by atoms with van der Waals surface area (Å²) in [6.45, 7) is 2.60. The second kappa shape index (κ2) is 10.9. The standard InChI is InChI=1S/C30H33ClF5N7O2/c1-38-7-3-9-43-25-20-24(40-27(41-25)45-15-29-4-2-8-42(29)13-16(32)12-29)22(33)23(39-26(20)44-14-28(43)5-6-28)18-10-17(37)11-19(31)21(18)30(34,35)36/h10-11,16,38H,2-9,12-15,37H2,1H3/t16-,29+/m1/s1. The third kappa shape index (κ3) is 5.18. The normalized spacial score (nSPS) is 23.8. The van der Waals surface area contributed by atoms with Crippen LogP contribution in [0, 0.1) is 5.82 Å². The average molecular weight is 654 g/mol. The summed E-state index contributed by atoms with van der Waals surface area (Å²) in [5.74, 6) is -0.870. The summed E-state index contributed by atoms with van der Waals surface area (Å²) in [7, 11) is 1.85. The molecule has 1 aliphatic carbocycles. The number of hydrogen-bond acceptors (Lipinski definition) is 9. The van der Waals surface area contributed by atoms with Crippen LogP contribution >= 0.6 is 11.6 Å². The van der Waals surface area contributed by atoms with Crippen molar-refractivity contribution in [2.75, 3.05) is 57.1 Å². The summed E-state index contributed by atoms with van der Waals surface area (Å²) in [5, 5.41) is 2.58. The minimum Gasteiger partial charge on any atom is -0.475 e. The molecule has 15 heteroatoms. The third-order valence-electron chi connectivity index (χ3n) is 9.54. The van der Waals surface area contributed by atoms with Crippen LogP contribution in [0.15, 0.2) is 12.1 Å². The Balaban J connectivity index is 1.41. The molecular weight excluding hydrogens is 621 g/mol. The number of anilines is 2. The van der Waals surface area contributed by atoms with Gasteiger partial charge in [-0.15, -0.1) is 0 Å². The van der Waals surface area contributed by atoms with Gasteiger partial charge in [0.25, 0.3) is 0 Å². The van der Waals surface area contributed by atoms with Crippen LogP contribution in [0.1, 0.15) is 44.1 Å². The lowest BCUT2D eigenvalue weighted by atomic mass is 9.95. The number of nitrogens with two attached hydrogens (primary N) is 1. The molecule has 9 nitrogen and oxygen atoms in total. The smallest absolute Gasteiger partial charge is 0.418 e. The molecular formula is C30H33ClF5N7O2. The molecule has 3 aliphatic heterocycles. The number of halogens is 6. The number of rotatable bonds is 8. The predicted octanol–water partition coefficient (Wildman–Crippen LogP) is 5.38. The number of benzene rings is 1. The summed E-state index contributed by atoms with van der Waals surface area (Å²) >= 11 is 6.01. The number of hydrogen-bond donors (Lipinski definition) is 2. The number of nitrogens with one attached hydrogen (secondary N) is 1. The first-order chi connectivity index (χ1) is 21.4. The van der Waals surface area contributed by atoms with E-state index in [9.17, 15) is 17.6 Å². The second-order valence-corrected chi connectivity index (χ2v) is 12.9. The summed E-state index contributed by atoms with van der Waals surface area (Å²) in [6.07, 6.45) is -1.69. The van der Waals surface area contributed by atoms with Crippen LogP contribution in [0.25, 0.3) is 22.2 Å². The lowest BCUT2D eigenvalue weighted by Crippen LogP contribution is -2.44. The molecule has 3 fully saturated rings. The van der Waals surface area contributed by atoms with Gasteiger partial charge in [-0.2, -0.15) is 23.1 Å². The van der Waals surface area contributed by atoms with Crippen LogP contribution in [-0.4, -0.2) is 83.5 Å². The summed E-state index contributed by atoms with van der Waals surface area (Å²) in [6, 6.07) is 1.80. The highest BCUT2D eigenvalue weighted by Gasteiger charge is 2.53. The highest BCUT2D eigenvalue weighted by Crippen LogP contribution is 2.51. The van der Waals surface area contributed by atoms with Gasteiger partial charge in [-0.05, 0) is 64.4 Å². The minimum absolute atomic E-state index is 0.0892. The van der Waals surface area contributed by atoms with E-state index < -0.39 is 51.1 Å². The Hall–Kier alpha value is -3.23. The van der Waals surface area contributed by atoms with E-state index in [0.717, 1.165) is 50.8 Å². The molecule has 2 saturated heterocycles. The van der Waals surface area contributed by atoms with Crippen molar-refractivity contribution < 1.29 is 31.4 Å². The van der Waals surface area contributed by atoms with Crippen molar-refractivity contribution in [1.29, 1.82) is 0 Å². The van der Waals surface area contributed by atoms with Crippen LogP contribution in [-0.2, 0) is 6.18 Å². The van der Waals surface area contributed by atoms with E-state index >= 15 is 4.39 Å². The monoisotopic (exact) mass is 653 g/mol. The molecule has 0 amide bonds. The predicted molar refractivity (Wildman–Crippen MR) is 159 cm³/mol. The van der Waals surface area contributed by atoms with Gasteiger partial charge in [0, 0.05) is 30.8 Å². The lowest BCUT2D eigenvalue weighted by molar-refractivity contribution is -0.137. The van der Waals surface area contributed by atoms with Crippen molar-refractivity contribution in [2.24, 2.45) is 0 Å². The molecule has 45 heavy (non-hydrogen) atoms. The molecule has 0 unspecified atom stereocenters. The number of alkyl halides is 4. The van der Waals surface area contributed by atoms with Crippen LogP contribution in [0.3, 0.4) is 0 Å². The molecule has 7 rings (SSSR count). The van der Waals surface area contributed by atoms with Crippen LogP contribution in [0.4, 0.5) is 33.5 Å². The van der Waals surface area contributed by atoms with Crippen LogP contribution < -0.4 is 25.4 Å². The molecule has 3 N–H and O–H groups in total. The van der Waals surface area contributed by atoms with Crippen molar-refractivity contribution in [3.8, 4) is 23.1 Å². The molecule has 242 valence electrons. The zero-order chi connectivity index (χ0) is 31.7. The van der Waals surface area contributed by atoms with E-state index in [-0.39, 0.29) is 41.7 Å². The summed E-state index contributed by atoms with van der Waals surface area (Å²) in [5.41, 5.74) is 1.95. The maximum atomic E-state index is 16.7. The van der Waals surface area contributed by atoms with Crippen LogP contribution in [0.2, 0.25) is 5.02 Å². The van der Waals surface area contributed by atoms with Gasteiger partial charge in [0.15, 0.2) is 5.82 Å². The molecule has 3 aromatic rings. The Kier molecular flexibility index (Phi) is 7.40. The average Bonchev–Trinajstić information content (AvgIpc) is 3.58. The van der Waals surface area contributed by atoms with Crippen molar-refractivity contribution in [2.45, 2.75) is 62.0 Å². The van der Waals surface area contributed by atoms with E-state index in [4.69, 9.17) is 31.8 Å². The fourth-order valence-electron chi connectivity index (χ4n) is 7.22. The summed E-state index contributed by atoms with van der Waals surface area (Å²) in [4.78, 5) is 17.6. The Morgan fingerprint density at radius 1 is 1.20 bits per heavy atom. The zero-order valence-electron chi connectivity index (χ0n) is 24.6. The van der Waals surface area contributed by atoms with E-state index in [1.165, 1.54) is 0 Å². The molecule has 1 aromatic carbocycles. The Labute approximate surface area is 261 Å². The van der Waals surface area contributed by atoms with E-state index in [0.29, 0.717) is 31.9 Å². The molecule has 5 heterocycles. The van der Waals surface area contributed by atoms with Crippen molar-refractivity contribution >= 4 is 34.0 Å². The van der Waals surface area contributed by atoms with E-state index in [1.807, 2.05) is 7.05 Å². The molecule has 1 spiro atoms. The summed E-state index contributed by atoms with van der Waals surface area (Å²) < 4.78 is 86.2. The zero-order valence-corrected chi connectivity index (χ0v) is 25.4. The molecule has 0 radical (unpaired) electrons. The number of nitrogens with zero attached hydrogens (tertiary/aromatic N) is 5. The quantitative estimate of drug-likeness (QED) is 0.189. The van der Waals surface area contributed by atoms with Gasteiger partial charge in [0.1, 0.15) is 41.8 Å². The van der Waals surface area contributed by atoms with Gasteiger partial charge in [0.2, 0.25) is 5.88 Å². The van der Waals surface area contributed by atoms with Gasteiger partial charge in [-0.3, -0.25) is 4.90 Å². The maximum Gasteiger partial charge on any atom is 0.418 e. The molecule has 1 saturated carbocycles. The van der Waals surface area contributed by atoms with Gasteiger partial charge in [-0.25, -0.2) is 13.8 Å². The Morgan fingerprint density at radius 2 is 2.00 bits per heavy atom. The first kappa shape index (κ1) is 30.4. The number of pyridine rings is 1. The Bertz CT molecular complexity index is 1660. The SMILES string of the molecule is CNCCCN1c2nc(OC[C@@]34CCCN3C[C@H](F)C4)nc3c(F)c(-c4cc(N)cc(Cl)c4C(F)(F)F)nc(c23)OCC12CC2. The number of aromatic nitrogens is 3. The van der Waals surface area contributed by atoms with Gasteiger partial charge in [0.05, 0.1) is 21.7 Å². The first-order valence-electron chi connectivity index (χ1n) is 15.1. The highest BCUT2D eigenvalue weighted by atomic mass is 35.5. The van der Waals surface area contributed by atoms with E-state index in [1.54, 1.807) is 0 Å². The second-order valence-electron chi connectivity index (χ2n) is 12.5. The fourth-order valence-corrected chi connectivity index (χ4v) is 7.55. The van der Waals surface area contributed by atoms with Crippen molar-refractivity contribution in [3.05, 3.63) is 28.5 Å². The molecule has 2 atom stereocenters. The number of nitrogen functional groups attached to an aromatic ring is 1. The molecule has 2 aromatic heterocycles. The Morgan fingerprint density at radius 3 is 2.73 bits per heavy atom. The highest BCUT2D eigenvalue weighted by molar-refractivity contribution is 6.32. The number of fused-ring (bicyclic) bond motifs is 1. The lowest BCUT2D eigenvalue weighted by Gasteiger charge is -2.32. The fraction of sp³-hybridized carbons (Fsp3) is 0.567. The minimum atomic E-state index is -4.94. The van der Waals surface area contributed by atoms with E-state index in [2.05, 4.69) is 25.1 Å². The van der Waals surface area contributed by atoms with Crippen LogP contribution in [0.5, 0.6) is 11.9 Å². The number of ether oxygens (including phenoxy) is 2. The maximum absolute atomic E-state index is 16.7. The van der Waals surface area contributed by atoms with Gasteiger partial charge >= 0.3 is 12.2 Å². The van der Waals surface area contributed by atoms with Crippen molar-refractivity contribution in [3.63, 3.8) is 0 Å². The van der Waals surface area contributed by atoms with Gasteiger partial charge in [-0.1, -0.05) is 11.6 Å². The molecule has 4 aliphatic rings. The largest absolute Gasteiger partial charge is 0.475 e. The van der Waals surface area contributed by atoms with Crippen molar-refractivity contribution in [1.82, 2.24) is 25.2 Å². The van der Waals surface area contributed by atoms with Gasteiger partial charge < -0.3 is 25.4 Å². The third-order valence-corrected chi connectivity index (χ3v) is 9.83. The molecule has 0 bridgehead atoms. The first-order valence-corrected chi connectivity index (χ1v) is 15.5. The topological polar surface area (TPSA) is 102 Å².